The molecule has 0 saturated heterocycles. The van der Waals surface area contributed by atoms with E-state index >= 15 is 0 Å². The van der Waals surface area contributed by atoms with Gasteiger partial charge in [0.15, 0.2) is 0 Å². The summed E-state index contributed by atoms with van der Waals surface area (Å²) in [5, 5.41) is 0. The van der Waals surface area contributed by atoms with Crippen molar-refractivity contribution in [2.24, 2.45) is 0 Å². The second-order valence-corrected chi connectivity index (χ2v) is 2.72. The van der Waals surface area contributed by atoms with Gasteiger partial charge in [0.2, 0.25) is 0 Å². The van der Waals surface area contributed by atoms with Crippen molar-refractivity contribution in [1.29, 1.82) is 0 Å². The fourth-order valence-corrected chi connectivity index (χ4v) is 1.03. The molecule has 1 nitrogen and oxygen atoms in total. The molecule has 0 atom stereocenters. The summed E-state index contributed by atoms with van der Waals surface area (Å²) in [5.74, 6) is 0. The van der Waals surface area contributed by atoms with Crippen molar-refractivity contribution in [1.82, 2.24) is 0 Å². The van der Waals surface area contributed by atoms with Gasteiger partial charge >= 0.3 is 0 Å². The largest absolute Gasteiger partial charge is 0.303 e. The summed E-state index contributed by atoms with van der Waals surface area (Å²) in [6, 6.07) is 8.17. The van der Waals surface area contributed by atoms with Crippen molar-refractivity contribution in [3.05, 3.63) is 41.5 Å². The van der Waals surface area contributed by atoms with Gasteiger partial charge in [-0.15, -0.1) is 0 Å². The van der Waals surface area contributed by atoms with Gasteiger partial charge in [0.25, 0.3) is 0 Å². The molecule has 1 aromatic rings. The maximum Gasteiger partial charge on any atom is 0.123 e. The summed E-state index contributed by atoms with van der Waals surface area (Å²) in [4.78, 5) is 10.0. The third kappa shape index (κ3) is 2.70. The number of carbonyl (C=O) groups excluding carboxylic acids is 1. The lowest BCUT2D eigenvalue weighted by Gasteiger charge is -1.93. The Bertz CT molecular complexity index is 287. The Hall–Kier alpha value is -1.37. The average Bonchev–Trinajstić information content (AvgIpc) is 2.05. The Morgan fingerprint density at radius 3 is 2.92 bits per heavy atom. The number of hydrogen-bond acceptors (Lipinski definition) is 1. The second kappa shape index (κ2) is 4.50. The van der Waals surface area contributed by atoms with Crippen LogP contribution >= 0.6 is 0 Å². The van der Waals surface area contributed by atoms with E-state index in [-0.39, 0.29) is 0 Å². The first-order chi connectivity index (χ1) is 5.83. The molecule has 1 heteroatoms. The quantitative estimate of drug-likeness (QED) is 0.621. The van der Waals surface area contributed by atoms with Gasteiger partial charge in [0.1, 0.15) is 6.29 Å². The predicted molar refractivity (Wildman–Crippen MR) is 50.9 cm³/mol. The van der Waals surface area contributed by atoms with E-state index in [9.17, 15) is 4.79 Å². The van der Waals surface area contributed by atoms with Crippen molar-refractivity contribution in [2.45, 2.75) is 13.3 Å². The number of carbonyl (C=O) groups is 1. The zero-order valence-electron chi connectivity index (χ0n) is 7.16. The van der Waals surface area contributed by atoms with Crippen LogP contribution in [0.25, 0.3) is 6.08 Å². The van der Waals surface area contributed by atoms with E-state index in [1.165, 1.54) is 5.56 Å². The van der Waals surface area contributed by atoms with Crippen LogP contribution in [0.1, 0.15) is 17.5 Å². The maximum absolute atomic E-state index is 10.0. The SMILES string of the molecule is Cc1cccc(/C=C\CC=O)c1. The molecule has 0 radical (unpaired) electrons. The molecule has 0 aliphatic carbocycles. The minimum atomic E-state index is 0.494. The molecule has 0 N–H and O–H groups in total. The number of hydrogen-bond donors (Lipinski definition) is 0. The highest BCUT2D eigenvalue weighted by molar-refractivity contribution is 5.58. The van der Waals surface area contributed by atoms with Gasteiger partial charge in [0.05, 0.1) is 0 Å². The van der Waals surface area contributed by atoms with Crippen molar-refractivity contribution < 1.29 is 4.79 Å². The Morgan fingerprint density at radius 1 is 1.42 bits per heavy atom. The van der Waals surface area contributed by atoms with Crippen LogP contribution in [-0.4, -0.2) is 6.29 Å². The fraction of sp³-hybridized carbons (Fsp3) is 0.182. The molecule has 0 spiro atoms. The van der Waals surface area contributed by atoms with Crippen LogP contribution < -0.4 is 0 Å². The Kier molecular flexibility index (Phi) is 3.27. The number of allylic oxidation sites excluding steroid dienone is 1. The van der Waals surface area contributed by atoms with Crippen molar-refractivity contribution in [3.8, 4) is 0 Å². The highest BCUT2D eigenvalue weighted by Crippen LogP contribution is 2.05. The standard InChI is InChI=1S/C11H12O/c1-10-5-4-7-11(9-10)6-2-3-8-12/h2,4-9H,3H2,1H3/b6-2-. The molecular weight excluding hydrogens is 148 g/mol. The summed E-state index contributed by atoms with van der Waals surface area (Å²) in [6.07, 6.45) is 5.21. The molecule has 0 bridgehead atoms. The molecule has 0 aliphatic rings. The topological polar surface area (TPSA) is 17.1 Å². The van der Waals surface area contributed by atoms with Gasteiger partial charge in [-0.25, -0.2) is 0 Å². The van der Waals surface area contributed by atoms with Crippen LogP contribution in [-0.2, 0) is 4.79 Å². The summed E-state index contributed by atoms with van der Waals surface area (Å²) in [5.41, 5.74) is 2.39. The molecule has 12 heavy (non-hydrogen) atoms. The summed E-state index contributed by atoms with van der Waals surface area (Å²) >= 11 is 0. The van der Waals surface area contributed by atoms with Crippen LogP contribution in [0, 0.1) is 6.92 Å². The Labute approximate surface area is 72.7 Å². The molecule has 0 saturated carbocycles. The smallest absolute Gasteiger partial charge is 0.123 e. The minimum absolute atomic E-state index is 0.494. The molecule has 0 unspecified atom stereocenters. The van der Waals surface area contributed by atoms with E-state index in [0.717, 1.165) is 11.8 Å². The fourth-order valence-electron chi connectivity index (χ4n) is 1.03. The van der Waals surface area contributed by atoms with E-state index in [1.807, 2.05) is 24.3 Å². The van der Waals surface area contributed by atoms with Gasteiger partial charge < -0.3 is 4.79 Å². The molecular formula is C11H12O. The Morgan fingerprint density at radius 2 is 2.25 bits per heavy atom. The van der Waals surface area contributed by atoms with Crippen molar-refractivity contribution in [2.75, 3.05) is 0 Å². The third-order valence-electron chi connectivity index (χ3n) is 1.58. The lowest BCUT2D eigenvalue weighted by atomic mass is 10.1. The third-order valence-corrected chi connectivity index (χ3v) is 1.58. The van der Waals surface area contributed by atoms with Gasteiger partial charge in [-0.05, 0) is 12.5 Å². The number of benzene rings is 1. The first-order valence-electron chi connectivity index (χ1n) is 4.00. The molecule has 0 amide bonds. The normalized spacial score (nSPS) is 10.4. The summed E-state index contributed by atoms with van der Waals surface area (Å²) in [7, 11) is 0. The van der Waals surface area contributed by atoms with Gasteiger partial charge in [-0.3, -0.25) is 0 Å². The molecule has 0 aliphatic heterocycles. The molecule has 62 valence electrons. The van der Waals surface area contributed by atoms with E-state index in [0.29, 0.717) is 6.42 Å². The van der Waals surface area contributed by atoms with E-state index in [2.05, 4.69) is 19.1 Å². The van der Waals surface area contributed by atoms with E-state index < -0.39 is 0 Å². The van der Waals surface area contributed by atoms with Crippen LogP contribution in [0.4, 0.5) is 0 Å². The second-order valence-electron chi connectivity index (χ2n) is 2.72. The van der Waals surface area contributed by atoms with Gasteiger partial charge in [-0.2, -0.15) is 0 Å². The summed E-state index contributed by atoms with van der Waals surface area (Å²) < 4.78 is 0. The highest BCUT2D eigenvalue weighted by Gasteiger charge is 1.85. The van der Waals surface area contributed by atoms with Crippen LogP contribution in [0.5, 0.6) is 0 Å². The van der Waals surface area contributed by atoms with Crippen LogP contribution in [0.3, 0.4) is 0 Å². The predicted octanol–water partition coefficient (Wildman–Crippen LogP) is 2.60. The van der Waals surface area contributed by atoms with Crippen molar-refractivity contribution in [3.63, 3.8) is 0 Å². The lowest BCUT2D eigenvalue weighted by molar-refractivity contribution is -0.107. The maximum atomic E-state index is 10.0. The molecule has 0 aromatic heterocycles. The van der Waals surface area contributed by atoms with Gasteiger partial charge in [0, 0.05) is 6.42 Å². The highest BCUT2D eigenvalue weighted by atomic mass is 16.1. The van der Waals surface area contributed by atoms with E-state index in [4.69, 9.17) is 0 Å². The first-order valence-corrected chi connectivity index (χ1v) is 4.00. The van der Waals surface area contributed by atoms with Gasteiger partial charge in [-0.1, -0.05) is 42.0 Å². The van der Waals surface area contributed by atoms with Crippen LogP contribution in [0.2, 0.25) is 0 Å². The Balaban J connectivity index is 2.69. The number of aldehydes is 1. The molecule has 0 heterocycles. The molecule has 1 rings (SSSR count). The average molecular weight is 160 g/mol. The number of aryl methyl sites for hydroxylation is 1. The summed E-state index contributed by atoms with van der Waals surface area (Å²) in [6.45, 7) is 2.05. The number of rotatable bonds is 3. The lowest BCUT2D eigenvalue weighted by Crippen LogP contribution is -1.74. The molecule has 0 fully saturated rings. The van der Waals surface area contributed by atoms with Crippen molar-refractivity contribution >= 4 is 12.4 Å². The minimum Gasteiger partial charge on any atom is -0.303 e. The molecule has 1 aromatic carbocycles. The monoisotopic (exact) mass is 160 g/mol. The zero-order valence-corrected chi connectivity index (χ0v) is 7.16. The zero-order chi connectivity index (χ0) is 8.81. The van der Waals surface area contributed by atoms with E-state index in [1.54, 1.807) is 0 Å². The first kappa shape index (κ1) is 8.72. The van der Waals surface area contributed by atoms with Crippen LogP contribution in [0.15, 0.2) is 30.3 Å².